The first-order valence-corrected chi connectivity index (χ1v) is 5.52. The van der Waals surface area contributed by atoms with Gasteiger partial charge in [-0.05, 0) is 11.6 Å². The first-order valence-electron chi connectivity index (χ1n) is 5.14. The molecule has 0 bridgehead atoms. The van der Waals surface area contributed by atoms with Gasteiger partial charge in [0.05, 0.1) is 24.6 Å². The number of halogens is 1. The van der Waals surface area contributed by atoms with Crippen LogP contribution in [0.15, 0.2) is 16.8 Å². The Balaban J connectivity index is 2.04. The predicted molar refractivity (Wildman–Crippen MR) is 64.7 cm³/mol. The number of nitrogens with zero attached hydrogens (tertiary/aromatic N) is 3. The Morgan fingerprint density at radius 2 is 2.24 bits per heavy atom. The second kappa shape index (κ2) is 5.01. The number of hydrogen-bond acceptors (Lipinski definition) is 6. The standard InChI is InChI=1S/C10H12ClN5O/c1-2-6-3-13-8(17-6)5-14-9-7(12)4-15-10(11)16-9/h3-4H,2,5,12H2,1H3,(H,14,15,16). The molecule has 0 radical (unpaired) electrons. The van der Waals surface area contributed by atoms with Crippen molar-refractivity contribution in [3.63, 3.8) is 0 Å². The summed E-state index contributed by atoms with van der Waals surface area (Å²) in [6.07, 6.45) is 3.96. The van der Waals surface area contributed by atoms with Crippen LogP contribution >= 0.6 is 11.6 Å². The van der Waals surface area contributed by atoms with Gasteiger partial charge in [-0.1, -0.05) is 6.92 Å². The number of aromatic nitrogens is 3. The highest BCUT2D eigenvalue weighted by Crippen LogP contribution is 2.16. The lowest BCUT2D eigenvalue weighted by Crippen LogP contribution is -2.05. The molecule has 2 aromatic heterocycles. The first kappa shape index (κ1) is 11.7. The Hall–Kier alpha value is -1.82. The number of nitrogens with two attached hydrogens (primary N) is 1. The minimum absolute atomic E-state index is 0.142. The minimum Gasteiger partial charge on any atom is -0.444 e. The molecule has 0 atom stereocenters. The van der Waals surface area contributed by atoms with Crippen LogP contribution in [0.1, 0.15) is 18.6 Å². The van der Waals surface area contributed by atoms with E-state index in [4.69, 9.17) is 21.8 Å². The monoisotopic (exact) mass is 253 g/mol. The molecule has 90 valence electrons. The van der Waals surface area contributed by atoms with Crippen LogP contribution in [0.5, 0.6) is 0 Å². The third-order valence-electron chi connectivity index (χ3n) is 2.14. The predicted octanol–water partition coefficient (Wildman–Crippen LogP) is 1.87. The third kappa shape index (κ3) is 2.85. The van der Waals surface area contributed by atoms with Crippen molar-refractivity contribution in [2.75, 3.05) is 11.1 Å². The summed E-state index contributed by atoms with van der Waals surface area (Å²) in [4.78, 5) is 11.8. The van der Waals surface area contributed by atoms with Gasteiger partial charge in [-0.2, -0.15) is 4.98 Å². The van der Waals surface area contributed by atoms with Crippen molar-refractivity contribution >= 4 is 23.1 Å². The van der Waals surface area contributed by atoms with E-state index in [9.17, 15) is 0 Å². The van der Waals surface area contributed by atoms with Gasteiger partial charge in [-0.3, -0.25) is 0 Å². The second-order valence-electron chi connectivity index (χ2n) is 3.37. The Morgan fingerprint density at radius 3 is 2.94 bits per heavy atom. The minimum atomic E-state index is 0.142. The summed E-state index contributed by atoms with van der Waals surface area (Å²) in [6.45, 7) is 2.40. The molecule has 2 rings (SSSR count). The number of nitrogen functional groups attached to an aromatic ring is 1. The second-order valence-corrected chi connectivity index (χ2v) is 3.71. The molecular weight excluding hydrogens is 242 g/mol. The maximum absolute atomic E-state index is 5.69. The molecule has 2 aromatic rings. The number of rotatable bonds is 4. The van der Waals surface area contributed by atoms with Crippen LogP contribution in [0.4, 0.5) is 11.5 Å². The van der Waals surface area contributed by atoms with E-state index in [0.717, 1.165) is 12.2 Å². The van der Waals surface area contributed by atoms with Crippen LogP contribution < -0.4 is 11.1 Å². The molecule has 0 fully saturated rings. The van der Waals surface area contributed by atoms with Crippen molar-refractivity contribution in [3.8, 4) is 0 Å². The zero-order chi connectivity index (χ0) is 12.3. The summed E-state index contributed by atoms with van der Waals surface area (Å²) in [5.74, 6) is 1.90. The van der Waals surface area contributed by atoms with Gasteiger partial charge in [0.1, 0.15) is 5.76 Å². The number of nitrogens with one attached hydrogen (secondary N) is 1. The van der Waals surface area contributed by atoms with Crippen molar-refractivity contribution in [1.29, 1.82) is 0 Å². The van der Waals surface area contributed by atoms with E-state index >= 15 is 0 Å². The lowest BCUT2D eigenvalue weighted by molar-refractivity contribution is 0.465. The molecule has 17 heavy (non-hydrogen) atoms. The zero-order valence-corrected chi connectivity index (χ0v) is 10.0. The van der Waals surface area contributed by atoms with Gasteiger partial charge in [0.2, 0.25) is 11.2 Å². The number of oxazole rings is 1. The molecule has 0 aliphatic carbocycles. The topological polar surface area (TPSA) is 89.9 Å². The van der Waals surface area contributed by atoms with Gasteiger partial charge in [0.25, 0.3) is 0 Å². The molecule has 0 aliphatic heterocycles. The molecule has 3 N–H and O–H groups in total. The highest BCUT2D eigenvalue weighted by atomic mass is 35.5. The van der Waals surface area contributed by atoms with Gasteiger partial charge in [0.15, 0.2) is 5.82 Å². The Labute approximate surface area is 103 Å². The van der Waals surface area contributed by atoms with E-state index in [0.29, 0.717) is 23.9 Å². The smallest absolute Gasteiger partial charge is 0.224 e. The fourth-order valence-corrected chi connectivity index (χ4v) is 1.40. The number of hydrogen-bond donors (Lipinski definition) is 2. The van der Waals surface area contributed by atoms with E-state index in [1.807, 2.05) is 6.92 Å². The van der Waals surface area contributed by atoms with E-state index in [1.54, 1.807) is 6.20 Å². The normalized spacial score (nSPS) is 10.5. The van der Waals surface area contributed by atoms with E-state index in [-0.39, 0.29) is 5.28 Å². The average Bonchev–Trinajstić information content (AvgIpc) is 2.78. The van der Waals surface area contributed by atoms with Gasteiger partial charge in [-0.15, -0.1) is 0 Å². The molecule has 0 amide bonds. The van der Waals surface area contributed by atoms with Gasteiger partial charge >= 0.3 is 0 Å². The average molecular weight is 254 g/mol. The summed E-state index contributed by atoms with van der Waals surface area (Å²) >= 11 is 5.67. The zero-order valence-electron chi connectivity index (χ0n) is 9.27. The van der Waals surface area contributed by atoms with E-state index in [2.05, 4.69) is 20.3 Å². The largest absolute Gasteiger partial charge is 0.444 e. The summed E-state index contributed by atoms with van der Waals surface area (Å²) in [5.41, 5.74) is 6.12. The van der Waals surface area contributed by atoms with E-state index < -0.39 is 0 Å². The third-order valence-corrected chi connectivity index (χ3v) is 2.33. The number of aryl methyl sites for hydroxylation is 1. The first-order chi connectivity index (χ1) is 8.19. The maximum atomic E-state index is 5.69. The van der Waals surface area contributed by atoms with Crippen LogP contribution in [0.2, 0.25) is 5.28 Å². The van der Waals surface area contributed by atoms with Crippen LogP contribution in [-0.2, 0) is 13.0 Å². The molecule has 0 spiro atoms. The molecule has 0 saturated carbocycles. The Bertz CT molecular complexity index is 513. The molecule has 0 aromatic carbocycles. The Morgan fingerprint density at radius 1 is 1.41 bits per heavy atom. The number of anilines is 2. The molecule has 0 aliphatic rings. The van der Waals surface area contributed by atoms with Gasteiger partial charge in [-0.25, -0.2) is 9.97 Å². The molecule has 6 nitrogen and oxygen atoms in total. The maximum Gasteiger partial charge on any atom is 0.224 e. The Kier molecular flexibility index (Phi) is 3.43. The van der Waals surface area contributed by atoms with Crippen LogP contribution in [0, 0.1) is 0 Å². The van der Waals surface area contributed by atoms with Crippen molar-refractivity contribution in [2.45, 2.75) is 19.9 Å². The van der Waals surface area contributed by atoms with E-state index in [1.165, 1.54) is 6.20 Å². The molecule has 2 heterocycles. The fourth-order valence-electron chi connectivity index (χ4n) is 1.26. The SMILES string of the molecule is CCc1cnc(CNc2nc(Cl)ncc2N)o1. The molecule has 7 heteroatoms. The van der Waals surface area contributed by atoms with Crippen LogP contribution in [-0.4, -0.2) is 15.0 Å². The van der Waals surface area contributed by atoms with Crippen LogP contribution in [0.25, 0.3) is 0 Å². The lowest BCUT2D eigenvalue weighted by Gasteiger charge is -2.05. The molecular formula is C10H12ClN5O. The van der Waals surface area contributed by atoms with Gasteiger partial charge in [0, 0.05) is 6.42 Å². The van der Waals surface area contributed by atoms with Crippen LogP contribution in [0.3, 0.4) is 0 Å². The highest BCUT2D eigenvalue weighted by Gasteiger charge is 2.06. The quantitative estimate of drug-likeness (QED) is 0.809. The van der Waals surface area contributed by atoms with Crippen molar-refractivity contribution in [2.24, 2.45) is 0 Å². The summed E-state index contributed by atoms with van der Waals surface area (Å²) < 4.78 is 5.43. The fraction of sp³-hybridized carbons (Fsp3) is 0.300. The summed E-state index contributed by atoms with van der Waals surface area (Å²) in [6, 6.07) is 0. The van der Waals surface area contributed by atoms with Crippen molar-refractivity contribution in [3.05, 3.63) is 29.3 Å². The van der Waals surface area contributed by atoms with Gasteiger partial charge < -0.3 is 15.5 Å². The summed E-state index contributed by atoms with van der Waals surface area (Å²) in [7, 11) is 0. The summed E-state index contributed by atoms with van der Waals surface area (Å²) in [5, 5.41) is 3.13. The lowest BCUT2D eigenvalue weighted by atomic mass is 10.4. The highest BCUT2D eigenvalue weighted by molar-refractivity contribution is 6.28. The van der Waals surface area contributed by atoms with Crippen molar-refractivity contribution in [1.82, 2.24) is 15.0 Å². The molecule has 0 unspecified atom stereocenters. The molecule has 0 saturated heterocycles. The van der Waals surface area contributed by atoms with Crippen molar-refractivity contribution < 1.29 is 4.42 Å².